The molecule has 0 aliphatic rings. The number of nitrogens with one attached hydrogen (secondary N) is 1. The van der Waals surface area contributed by atoms with Crippen LogP contribution in [0.25, 0.3) is 22.2 Å². The molecule has 6 heteroatoms. The van der Waals surface area contributed by atoms with E-state index in [9.17, 15) is 9.59 Å². The maximum absolute atomic E-state index is 12.5. The number of carbonyl (C=O) groups excluding carboxylic acids is 1. The lowest BCUT2D eigenvalue weighted by atomic mass is 10.1. The van der Waals surface area contributed by atoms with Gasteiger partial charge in [-0.05, 0) is 29.7 Å². The zero-order chi connectivity index (χ0) is 17.3. The number of aryl methyl sites for hydroxylation is 1. The van der Waals surface area contributed by atoms with Gasteiger partial charge >= 0.3 is 11.7 Å². The van der Waals surface area contributed by atoms with Crippen molar-refractivity contribution in [1.29, 1.82) is 0 Å². The summed E-state index contributed by atoms with van der Waals surface area (Å²) < 4.78 is 2.68. The Balaban J connectivity index is 2.13. The summed E-state index contributed by atoms with van der Waals surface area (Å²) in [5.74, 6) is 0.311. The normalized spacial score (nSPS) is 11.2. The molecule has 0 atom stereocenters. The van der Waals surface area contributed by atoms with Gasteiger partial charge in [0.1, 0.15) is 0 Å². The molecule has 1 amide bonds. The van der Waals surface area contributed by atoms with E-state index in [1.807, 2.05) is 44.2 Å². The van der Waals surface area contributed by atoms with E-state index >= 15 is 0 Å². The van der Waals surface area contributed by atoms with E-state index in [1.165, 1.54) is 9.13 Å². The Kier molecular flexibility index (Phi) is 4.20. The molecule has 0 radical (unpaired) electrons. The number of aromatic nitrogens is 3. The first-order valence-electron chi connectivity index (χ1n) is 7.89. The van der Waals surface area contributed by atoms with Crippen LogP contribution in [0.4, 0.5) is 4.79 Å². The molecule has 0 saturated heterocycles. The zero-order valence-electron chi connectivity index (χ0n) is 14.0. The van der Waals surface area contributed by atoms with Gasteiger partial charge in [-0.15, -0.1) is 0 Å². The van der Waals surface area contributed by atoms with Gasteiger partial charge < -0.3 is 5.32 Å². The molecule has 0 fully saturated rings. The van der Waals surface area contributed by atoms with Crippen molar-refractivity contribution >= 4 is 17.1 Å². The predicted molar refractivity (Wildman–Crippen MR) is 94.0 cm³/mol. The van der Waals surface area contributed by atoms with Gasteiger partial charge in [-0.3, -0.25) is 9.55 Å². The van der Waals surface area contributed by atoms with Crippen LogP contribution in [-0.4, -0.2) is 26.7 Å². The second kappa shape index (κ2) is 6.31. The number of benzene rings is 1. The van der Waals surface area contributed by atoms with E-state index in [0.717, 1.165) is 11.1 Å². The monoisotopic (exact) mass is 324 g/mol. The van der Waals surface area contributed by atoms with Gasteiger partial charge in [-0.1, -0.05) is 26.0 Å². The smallest absolute Gasteiger partial charge is 0.337 e. The summed E-state index contributed by atoms with van der Waals surface area (Å²) >= 11 is 0. The van der Waals surface area contributed by atoms with Gasteiger partial charge in [0.05, 0.1) is 11.0 Å². The molecule has 0 aliphatic carbocycles. The molecular formula is C18H20N4O2. The Labute approximate surface area is 139 Å². The van der Waals surface area contributed by atoms with E-state index in [0.29, 0.717) is 23.5 Å². The summed E-state index contributed by atoms with van der Waals surface area (Å²) in [4.78, 5) is 29.1. The standard InChI is InChI=1S/C18H20N4O2/c1-12(2)10-20-17(23)22-16-9-13(14-5-4-8-19-11-14)6-7-15(16)21(3)18(22)24/h4-9,11-12H,10H2,1-3H3,(H,20,23). The molecule has 2 heterocycles. The third-order valence-electron chi connectivity index (χ3n) is 3.92. The molecule has 0 aliphatic heterocycles. The Morgan fingerprint density at radius 1 is 1.21 bits per heavy atom. The van der Waals surface area contributed by atoms with Crippen molar-refractivity contribution in [2.75, 3.05) is 6.54 Å². The number of hydrogen-bond donors (Lipinski definition) is 1. The fourth-order valence-electron chi connectivity index (χ4n) is 2.62. The van der Waals surface area contributed by atoms with Gasteiger partial charge in [-0.2, -0.15) is 0 Å². The largest absolute Gasteiger partial charge is 0.337 e. The number of nitrogens with zero attached hydrogens (tertiary/aromatic N) is 3. The van der Waals surface area contributed by atoms with Crippen molar-refractivity contribution in [3.63, 3.8) is 0 Å². The van der Waals surface area contributed by atoms with Crippen molar-refractivity contribution in [3.05, 3.63) is 53.2 Å². The first-order valence-corrected chi connectivity index (χ1v) is 7.89. The minimum absolute atomic E-state index is 0.311. The van der Waals surface area contributed by atoms with Crippen LogP contribution < -0.4 is 11.0 Å². The van der Waals surface area contributed by atoms with Crippen LogP contribution in [0.2, 0.25) is 0 Å². The summed E-state index contributed by atoms with van der Waals surface area (Å²) in [5, 5.41) is 2.80. The quantitative estimate of drug-likeness (QED) is 0.805. The summed E-state index contributed by atoms with van der Waals surface area (Å²) in [6.45, 7) is 4.53. The molecule has 0 spiro atoms. The molecule has 0 saturated carbocycles. The molecule has 0 unspecified atom stereocenters. The van der Waals surface area contributed by atoms with Gasteiger partial charge in [0.2, 0.25) is 0 Å². The molecule has 0 bridgehead atoms. The first-order chi connectivity index (χ1) is 11.5. The maximum Gasteiger partial charge on any atom is 0.337 e. The van der Waals surface area contributed by atoms with Gasteiger partial charge in [0.15, 0.2) is 0 Å². The second-order valence-electron chi connectivity index (χ2n) is 6.20. The fourth-order valence-corrected chi connectivity index (χ4v) is 2.62. The zero-order valence-corrected chi connectivity index (χ0v) is 14.0. The van der Waals surface area contributed by atoms with Crippen molar-refractivity contribution in [3.8, 4) is 11.1 Å². The lowest BCUT2D eigenvalue weighted by Crippen LogP contribution is -2.38. The van der Waals surface area contributed by atoms with Crippen molar-refractivity contribution < 1.29 is 4.79 Å². The van der Waals surface area contributed by atoms with Crippen molar-refractivity contribution in [1.82, 2.24) is 19.4 Å². The second-order valence-corrected chi connectivity index (χ2v) is 6.20. The van der Waals surface area contributed by atoms with E-state index in [1.54, 1.807) is 19.4 Å². The molecule has 124 valence electrons. The Morgan fingerprint density at radius 3 is 2.67 bits per heavy atom. The molecule has 2 aromatic heterocycles. The summed E-state index contributed by atoms with van der Waals surface area (Å²) in [6, 6.07) is 9.02. The number of imidazole rings is 1. The van der Waals surface area contributed by atoms with Crippen LogP contribution in [0.3, 0.4) is 0 Å². The number of rotatable bonds is 3. The lowest BCUT2D eigenvalue weighted by molar-refractivity contribution is 0.241. The summed E-state index contributed by atoms with van der Waals surface area (Å²) in [5.41, 5.74) is 2.79. The highest BCUT2D eigenvalue weighted by molar-refractivity contribution is 5.91. The maximum atomic E-state index is 12.5. The Morgan fingerprint density at radius 2 is 2.00 bits per heavy atom. The van der Waals surface area contributed by atoms with E-state index in [-0.39, 0.29) is 5.69 Å². The molecule has 24 heavy (non-hydrogen) atoms. The molecule has 1 aromatic carbocycles. The number of hydrogen-bond acceptors (Lipinski definition) is 3. The third-order valence-corrected chi connectivity index (χ3v) is 3.92. The molecule has 3 aromatic rings. The average molecular weight is 324 g/mol. The molecule has 3 rings (SSSR count). The van der Waals surface area contributed by atoms with Crippen LogP contribution in [-0.2, 0) is 7.05 Å². The minimum Gasteiger partial charge on any atom is -0.337 e. The Hall–Kier alpha value is -2.89. The minimum atomic E-state index is -0.400. The van der Waals surface area contributed by atoms with E-state index < -0.39 is 6.03 Å². The molecule has 1 N–H and O–H groups in total. The highest BCUT2D eigenvalue weighted by Gasteiger charge is 2.17. The first kappa shape index (κ1) is 16.0. The topological polar surface area (TPSA) is 68.9 Å². The van der Waals surface area contributed by atoms with E-state index in [2.05, 4.69) is 10.3 Å². The van der Waals surface area contributed by atoms with Crippen molar-refractivity contribution in [2.24, 2.45) is 13.0 Å². The van der Waals surface area contributed by atoms with E-state index in [4.69, 9.17) is 0 Å². The average Bonchev–Trinajstić information content (AvgIpc) is 2.84. The SMILES string of the molecule is CC(C)CNC(=O)n1c(=O)n(C)c2ccc(-c3cccnc3)cc21. The van der Waals surface area contributed by atoms with Crippen LogP contribution in [0.1, 0.15) is 13.8 Å². The highest BCUT2D eigenvalue weighted by Crippen LogP contribution is 2.23. The molecule has 6 nitrogen and oxygen atoms in total. The third kappa shape index (κ3) is 2.82. The number of amides is 1. The van der Waals surface area contributed by atoms with Crippen LogP contribution in [0.5, 0.6) is 0 Å². The highest BCUT2D eigenvalue weighted by atomic mass is 16.2. The summed E-state index contributed by atoms with van der Waals surface area (Å²) in [7, 11) is 1.67. The predicted octanol–water partition coefficient (Wildman–Crippen LogP) is 2.62. The van der Waals surface area contributed by atoms with Gasteiger partial charge in [0, 0.05) is 31.5 Å². The number of carbonyl (C=O) groups is 1. The van der Waals surface area contributed by atoms with Gasteiger partial charge in [0.25, 0.3) is 0 Å². The number of fused-ring (bicyclic) bond motifs is 1. The lowest BCUT2D eigenvalue weighted by Gasteiger charge is -2.08. The fraction of sp³-hybridized carbons (Fsp3) is 0.278. The molecular weight excluding hydrogens is 304 g/mol. The van der Waals surface area contributed by atoms with Crippen LogP contribution >= 0.6 is 0 Å². The van der Waals surface area contributed by atoms with Crippen LogP contribution in [0, 0.1) is 5.92 Å². The Bertz CT molecular complexity index is 939. The van der Waals surface area contributed by atoms with Crippen LogP contribution in [0.15, 0.2) is 47.5 Å². The van der Waals surface area contributed by atoms with Crippen molar-refractivity contribution in [2.45, 2.75) is 13.8 Å². The summed E-state index contributed by atoms with van der Waals surface area (Å²) in [6.07, 6.45) is 3.46. The number of pyridine rings is 1. The van der Waals surface area contributed by atoms with Gasteiger partial charge in [-0.25, -0.2) is 14.2 Å².